The molecule has 3 rings (SSSR count). The summed E-state index contributed by atoms with van der Waals surface area (Å²) >= 11 is 0. The van der Waals surface area contributed by atoms with Gasteiger partial charge in [-0.25, -0.2) is 13.2 Å². The van der Waals surface area contributed by atoms with Crippen molar-refractivity contribution < 1.29 is 18.0 Å². The van der Waals surface area contributed by atoms with E-state index in [1.165, 1.54) is 22.9 Å². The van der Waals surface area contributed by atoms with Crippen molar-refractivity contribution in [3.63, 3.8) is 0 Å². The number of benzene rings is 2. The number of hydrogen-bond acceptors (Lipinski definition) is 2. The number of amides is 1. The molecule has 0 aliphatic rings. The van der Waals surface area contributed by atoms with Gasteiger partial charge in [0.1, 0.15) is 0 Å². The molecule has 0 fully saturated rings. The van der Waals surface area contributed by atoms with Gasteiger partial charge in [-0.1, -0.05) is 18.2 Å². The number of nitrogens with one attached hydrogen (secondary N) is 1. The summed E-state index contributed by atoms with van der Waals surface area (Å²) in [6.45, 7) is 0. The lowest BCUT2D eigenvalue weighted by molar-refractivity contribution is -0.115. The highest BCUT2D eigenvalue weighted by molar-refractivity contribution is 5.92. The lowest BCUT2D eigenvalue weighted by atomic mass is 10.1. The smallest absolute Gasteiger partial charge is 0.255 e. The van der Waals surface area contributed by atoms with Crippen LogP contribution in [0.5, 0.6) is 0 Å². The van der Waals surface area contributed by atoms with E-state index in [4.69, 9.17) is 0 Å². The van der Waals surface area contributed by atoms with E-state index in [1.807, 2.05) is 0 Å². The first-order valence-electron chi connectivity index (χ1n) is 7.65. The first kappa shape index (κ1) is 17.5. The van der Waals surface area contributed by atoms with Gasteiger partial charge in [-0.15, -0.1) is 0 Å². The highest BCUT2D eigenvalue weighted by Gasteiger charge is 2.13. The molecule has 0 saturated heterocycles. The number of para-hydroxylation sites is 1. The van der Waals surface area contributed by atoms with Gasteiger partial charge in [-0.3, -0.25) is 14.2 Å². The van der Waals surface area contributed by atoms with Gasteiger partial charge in [0.2, 0.25) is 5.91 Å². The van der Waals surface area contributed by atoms with E-state index in [0.29, 0.717) is 11.4 Å². The van der Waals surface area contributed by atoms with Gasteiger partial charge in [0, 0.05) is 18.0 Å². The van der Waals surface area contributed by atoms with Crippen molar-refractivity contribution in [3.8, 4) is 5.69 Å². The highest BCUT2D eigenvalue weighted by Crippen LogP contribution is 2.15. The van der Waals surface area contributed by atoms with Gasteiger partial charge in [0.25, 0.3) is 5.56 Å². The summed E-state index contributed by atoms with van der Waals surface area (Å²) < 4.78 is 40.7. The predicted octanol–water partition coefficient (Wildman–Crippen LogP) is 3.44. The Kier molecular flexibility index (Phi) is 4.88. The molecule has 4 nitrogen and oxygen atoms in total. The molecule has 3 aromatic rings. The standard InChI is InChI=1S/C19H13F3N2O2/c20-15-8-12(9-16(21)19(15)22)10-17(25)23-13-6-7-18(26)24(11-13)14-4-2-1-3-5-14/h1-9,11H,10H2,(H,23,25). The summed E-state index contributed by atoms with van der Waals surface area (Å²) in [6.07, 6.45) is 1.10. The molecular weight excluding hydrogens is 345 g/mol. The summed E-state index contributed by atoms with van der Waals surface area (Å²) in [5.74, 6) is -4.85. The Morgan fingerprint density at radius 3 is 2.27 bits per heavy atom. The third-order valence-electron chi connectivity index (χ3n) is 3.64. The Labute approximate surface area is 146 Å². The molecule has 1 amide bonds. The second kappa shape index (κ2) is 7.26. The average molecular weight is 358 g/mol. The van der Waals surface area contributed by atoms with Crippen molar-refractivity contribution in [1.82, 2.24) is 4.57 Å². The number of nitrogens with zero attached hydrogens (tertiary/aromatic N) is 1. The number of pyridine rings is 1. The van der Waals surface area contributed by atoms with Crippen LogP contribution in [-0.4, -0.2) is 10.5 Å². The zero-order chi connectivity index (χ0) is 18.7. The van der Waals surface area contributed by atoms with Crippen molar-refractivity contribution in [3.05, 3.63) is 94.2 Å². The monoisotopic (exact) mass is 358 g/mol. The van der Waals surface area contributed by atoms with Crippen LogP contribution in [0.25, 0.3) is 5.69 Å². The fourth-order valence-electron chi connectivity index (χ4n) is 2.45. The van der Waals surface area contributed by atoms with Crippen LogP contribution in [0.2, 0.25) is 0 Å². The lowest BCUT2D eigenvalue weighted by Gasteiger charge is -2.10. The topological polar surface area (TPSA) is 51.1 Å². The quantitative estimate of drug-likeness (QED) is 0.727. The summed E-state index contributed by atoms with van der Waals surface area (Å²) in [5.41, 5.74) is 0.671. The van der Waals surface area contributed by atoms with E-state index in [2.05, 4.69) is 5.32 Å². The molecule has 0 bridgehead atoms. The number of halogens is 3. The molecule has 0 saturated carbocycles. The van der Waals surface area contributed by atoms with Crippen LogP contribution in [0, 0.1) is 17.5 Å². The van der Waals surface area contributed by atoms with Crippen molar-refractivity contribution in [1.29, 1.82) is 0 Å². The average Bonchev–Trinajstić information content (AvgIpc) is 2.62. The largest absolute Gasteiger partial charge is 0.324 e. The van der Waals surface area contributed by atoms with Crippen LogP contribution >= 0.6 is 0 Å². The number of carbonyl (C=O) groups excluding carboxylic acids is 1. The van der Waals surface area contributed by atoms with Gasteiger partial charge >= 0.3 is 0 Å². The molecule has 0 spiro atoms. The number of aromatic nitrogens is 1. The molecule has 0 unspecified atom stereocenters. The molecule has 1 N–H and O–H groups in total. The van der Waals surface area contributed by atoms with Crippen LogP contribution in [0.1, 0.15) is 5.56 Å². The van der Waals surface area contributed by atoms with Crippen molar-refractivity contribution in [2.24, 2.45) is 0 Å². The molecule has 2 aromatic carbocycles. The van der Waals surface area contributed by atoms with Gasteiger partial charge in [0.05, 0.1) is 12.1 Å². The minimum absolute atomic E-state index is 0.00437. The zero-order valence-corrected chi connectivity index (χ0v) is 13.4. The molecule has 26 heavy (non-hydrogen) atoms. The second-order valence-electron chi connectivity index (χ2n) is 5.56. The summed E-state index contributed by atoms with van der Waals surface area (Å²) in [4.78, 5) is 24.1. The molecule has 0 aliphatic carbocycles. The second-order valence-corrected chi connectivity index (χ2v) is 5.56. The molecule has 1 aromatic heterocycles. The predicted molar refractivity (Wildman–Crippen MR) is 90.7 cm³/mol. The number of carbonyl (C=O) groups is 1. The summed E-state index contributed by atoms with van der Waals surface area (Å²) in [6, 6.07) is 13.1. The molecule has 0 atom stereocenters. The van der Waals surface area contributed by atoms with E-state index in [-0.39, 0.29) is 17.5 Å². The van der Waals surface area contributed by atoms with Crippen LogP contribution < -0.4 is 10.9 Å². The molecule has 0 aliphatic heterocycles. The first-order chi connectivity index (χ1) is 12.4. The minimum Gasteiger partial charge on any atom is -0.324 e. The summed E-state index contributed by atoms with van der Waals surface area (Å²) in [7, 11) is 0. The molecule has 0 radical (unpaired) electrons. The summed E-state index contributed by atoms with van der Waals surface area (Å²) in [5, 5.41) is 2.54. The third kappa shape index (κ3) is 3.83. The lowest BCUT2D eigenvalue weighted by Crippen LogP contribution is -2.20. The highest BCUT2D eigenvalue weighted by atomic mass is 19.2. The van der Waals surface area contributed by atoms with Crippen molar-refractivity contribution in [2.45, 2.75) is 6.42 Å². The fourth-order valence-corrected chi connectivity index (χ4v) is 2.45. The third-order valence-corrected chi connectivity index (χ3v) is 3.64. The Bertz CT molecular complexity index is 994. The number of anilines is 1. The molecular formula is C19H13F3N2O2. The van der Waals surface area contributed by atoms with E-state index in [0.717, 1.165) is 12.1 Å². The molecule has 132 valence electrons. The maximum atomic E-state index is 13.2. The Balaban J connectivity index is 1.79. The van der Waals surface area contributed by atoms with E-state index in [1.54, 1.807) is 30.3 Å². The van der Waals surface area contributed by atoms with Gasteiger partial charge in [-0.05, 0) is 35.9 Å². The van der Waals surface area contributed by atoms with E-state index < -0.39 is 23.4 Å². The van der Waals surface area contributed by atoms with E-state index in [9.17, 15) is 22.8 Å². The Morgan fingerprint density at radius 1 is 0.962 bits per heavy atom. The zero-order valence-electron chi connectivity index (χ0n) is 13.4. The normalized spacial score (nSPS) is 10.6. The van der Waals surface area contributed by atoms with Gasteiger partial charge in [-0.2, -0.15) is 0 Å². The molecule has 1 heterocycles. The van der Waals surface area contributed by atoms with Crippen molar-refractivity contribution >= 4 is 11.6 Å². The first-order valence-corrected chi connectivity index (χ1v) is 7.65. The van der Waals surface area contributed by atoms with Crippen molar-refractivity contribution in [2.75, 3.05) is 5.32 Å². The van der Waals surface area contributed by atoms with Crippen LogP contribution in [0.15, 0.2) is 65.6 Å². The van der Waals surface area contributed by atoms with Gasteiger partial charge < -0.3 is 5.32 Å². The van der Waals surface area contributed by atoms with Gasteiger partial charge in [0.15, 0.2) is 17.5 Å². The Hall–Kier alpha value is -3.35. The molecule has 7 heteroatoms. The minimum atomic E-state index is -1.58. The van der Waals surface area contributed by atoms with Crippen LogP contribution in [0.3, 0.4) is 0 Å². The fraction of sp³-hybridized carbons (Fsp3) is 0.0526. The maximum absolute atomic E-state index is 13.2. The van der Waals surface area contributed by atoms with Crippen LogP contribution in [-0.2, 0) is 11.2 Å². The number of rotatable bonds is 4. The van der Waals surface area contributed by atoms with Crippen LogP contribution in [0.4, 0.5) is 18.9 Å². The maximum Gasteiger partial charge on any atom is 0.255 e. The number of hydrogen-bond donors (Lipinski definition) is 1. The Morgan fingerprint density at radius 2 is 1.62 bits per heavy atom. The van der Waals surface area contributed by atoms with E-state index >= 15 is 0 Å². The SMILES string of the molecule is O=C(Cc1cc(F)c(F)c(F)c1)Nc1ccc(=O)n(-c2ccccc2)c1.